The van der Waals surface area contributed by atoms with Gasteiger partial charge in [0.1, 0.15) is 0 Å². The van der Waals surface area contributed by atoms with E-state index in [-0.39, 0.29) is 21.7 Å². The summed E-state index contributed by atoms with van der Waals surface area (Å²) in [5.74, 6) is -25.9. The molecule has 0 aliphatic carbocycles. The number of hydrogen-bond donors (Lipinski definition) is 2. The van der Waals surface area contributed by atoms with Gasteiger partial charge in [-0.25, -0.2) is 50.6 Å². The first-order chi connectivity index (χ1) is 15.9. The van der Waals surface area contributed by atoms with Crippen molar-refractivity contribution in [2.75, 3.05) is 0 Å². The van der Waals surface area contributed by atoms with E-state index in [0.29, 0.717) is 0 Å². The van der Waals surface area contributed by atoms with Crippen LogP contribution in [0.1, 0.15) is 0 Å². The van der Waals surface area contributed by atoms with Crippen molar-refractivity contribution in [3.05, 3.63) is 119 Å². The minimum absolute atomic E-state index is 0. The van der Waals surface area contributed by atoms with Gasteiger partial charge in [0.25, 0.3) is 0 Å². The van der Waals surface area contributed by atoms with Crippen LogP contribution in [0, 0.1) is 58.2 Å². The van der Waals surface area contributed by atoms with E-state index in [9.17, 15) is 43.9 Å². The molecule has 0 atom stereocenters. The molecule has 0 spiro atoms. The Morgan fingerprint density at radius 3 is 0.686 bits per heavy atom. The first-order valence-corrected chi connectivity index (χ1v) is 8.67. The molecule has 0 saturated heterocycles. The number of aromatic hydroxyl groups is 2. The molecule has 2 nitrogen and oxygen atoms in total. The van der Waals surface area contributed by atoms with Crippen LogP contribution in [0.4, 0.5) is 43.9 Å². The summed E-state index contributed by atoms with van der Waals surface area (Å²) < 4.78 is 121. The Labute approximate surface area is 206 Å². The molecule has 0 amide bonds. The molecule has 0 heterocycles. The van der Waals surface area contributed by atoms with Gasteiger partial charge in [-0.05, 0) is 0 Å². The van der Waals surface area contributed by atoms with Crippen LogP contribution in [-0.2, 0) is 21.7 Å². The van der Waals surface area contributed by atoms with Crippen molar-refractivity contribution < 1.29 is 75.8 Å². The minimum Gasteiger partial charge on any atom is -0.503 e. The van der Waals surface area contributed by atoms with Crippen LogP contribution in [-0.4, -0.2) is 10.2 Å². The molecule has 0 bridgehead atoms. The Kier molecular flexibility index (Phi) is 13.5. The fraction of sp³-hybridized carbons (Fsp3) is 0. The molecule has 0 fully saturated rings. The molecule has 0 unspecified atom stereocenters. The number of phenols is 2. The molecule has 0 aliphatic heterocycles. The number of rotatable bonds is 0. The molecule has 4 aromatic rings. The van der Waals surface area contributed by atoms with E-state index in [0.717, 1.165) is 0 Å². The Balaban J connectivity index is 0.000000468. The van der Waals surface area contributed by atoms with E-state index in [2.05, 4.69) is 0 Å². The van der Waals surface area contributed by atoms with Crippen molar-refractivity contribution in [2.24, 2.45) is 0 Å². The first-order valence-electron chi connectivity index (χ1n) is 8.67. The summed E-state index contributed by atoms with van der Waals surface area (Å²) in [5.41, 5.74) is 0. The van der Waals surface area contributed by atoms with Crippen LogP contribution in [0.15, 0.2) is 60.7 Å². The van der Waals surface area contributed by atoms with Gasteiger partial charge < -0.3 is 10.2 Å². The standard InChI is InChI=1S/2C6HF5O.2C5H5.Ti/c2*7-1-2(8)4(10)6(12)5(11)3(1)9;2*1-2-4-5-3-1;/h2*12H;2*1-5H;/q;;2*-1;+2. The summed E-state index contributed by atoms with van der Waals surface area (Å²) in [4.78, 5) is 0. The zero-order valence-corrected chi connectivity index (χ0v) is 18.5. The van der Waals surface area contributed by atoms with Crippen LogP contribution in [0.2, 0.25) is 0 Å². The van der Waals surface area contributed by atoms with Gasteiger partial charge >= 0.3 is 21.7 Å². The van der Waals surface area contributed by atoms with Gasteiger partial charge in [0.05, 0.1) is 0 Å². The largest absolute Gasteiger partial charge is 2.00 e. The van der Waals surface area contributed by atoms with Gasteiger partial charge in [-0.1, -0.05) is 0 Å². The second-order valence-corrected chi connectivity index (χ2v) is 5.76. The third kappa shape index (κ3) is 8.48. The zero-order valence-electron chi connectivity index (χ0n) is 16.9. The Hall–Kier alpha value is -3.25. The molecule has 13 heteroatoms. The second kappa shape index (κ2) is 14.9. The maximum atomic E-state index is 12.2. The van der Waals surface area contributed by atoms with Gasteiger partial charge in [-0.3, -0.25) is 0 Å². The fourth-order valence-corrected chi connectivity index (χ4v) is 1.83. The third-order valence-electron chi connectivity index (χ3n) is 3.48. The Morgan fingerprint density at radius 1 is 0.371 bits per heavy atom. The van der Waals surface area contributed by atoms with Gasteiger partial charge in [0.2, 0.25) is 58.2 Å². The SMILES string of the molecule is Oc1c(F)c(F)c(F)c(F)c1F.Oc1c(F)c(F)c(F)c(F)c1F.[Ti+2].c1cc[cH-]c1.c1cc[cH-]c1. The summed E-state index contributed by atoms with van der Waals surface area (Å²) in [6.07, 6.45) is 0. The first kappa shape index (κ1) is 31.8. The van der Waals surface area contributed by atoms with Gasteiger partial charge in [0.15, 0.2) is 11.5 Å². The summed E-state index contributed by atoms with van der Waals surface area (Å²) >= 11 is 0. The molecular formula is C22H12F10O2Ti. The topological polar surface area (TPSA) is 40.5 Å². The molecular weight excluding hydrogens is 534 g/mol. The molecule has 4 rings (SSSR count). The Bertz CT molecular complexity index is 842. The third-order valence-corrected chi connectivity index (χ3v) is 3.48. The molecule has 0 aliphatic rings. The average Bonchev–Trinajstić information content (AvgIpc) is 3.61. The van der Waals surface area contributed by atoms with Crippen molar-refractivity contribution in [3.63, 3.8) is 0 Å². The van der Waals surface area contributed by atoms with E-state index in [4.69, 9.17) is 10.2 Å². The monoisotopic (exact) mass is 546 g/mol. The molecule has 186 valence electrons. The van der Waals surface area contributed by atoms with Gasteiger partial charge in [-0.2, -0.15) is 54.0 Å². The van der Waals surface area contributed by atoms with Crippen molar-refractivity contribution in [3.8, 4) is 11.5 Å². The maximum absolute atomic E-state index is 12.2. The van der Waals surface area contributed by atoms with E-state index >= 15 is 0 Å². The van der Waals surface area contributed by atoms with E-state index in [1.807, 2.05) is 60.7 Å². The van der Waals surface area contributed by atoms with Crippen LogP contribution < -0.4 is 0 Å². The molecule has 0 aromatic heterocycles. The maximum Gasteiger partial charge on any atom is 2.00 e. The van der Waals surface area contributed by atoms with Gasteiger partial charge in [0, 0.05) is 0 Å². The quantitative estimate of drug-likeness (QED) is 0.0822. The minimum atomic E-state index is -2.29. The normalized spacial score (nSPS) is 9.43. The van der Waals surface area contributed by atoms with E-state index in [1.165, 1.54) is 0 Å². The summed E-state index contributed by atoms with van der Waals surface area (Å²) in [5, 5.41) is 16.6. The van der Waals surface area contributed by atoms with Crippen molar-refractivity contribution in [1.82, 2.24) is 0 Å². The van der Waals surface area contributed by atoms with E-state index < -0.39 is 69.7 Å². The van der Waals surface area contributed by atoms with Crippen LogP contribution >= 0.6 is 0 Å². The summed E-state index contributed by atoms with van der Waals surface area (Å²) in [6, 6.07) is 20.0. The predicted molar refractivity (Wildman–Crippen MR) is 99.9 cm³/mol. The van der Waals surface area contributed by atoms with Crippen LogP contribution in [0.3, 0.4) is 0 Å². The molecule has 4 aromatic carbocycles. The number of phenolic OH excluding ortho intramolecular Hbond substituents is 2. The zero-order chi connectivity index (χ0) is 26.0. The van der Waals surface area contributed by atoms with Crippen molar-refractivity contribution in [1.29, 1.82) is 0 Å². The van der Waals surface area contributed by atoms with E-state index in [1.54, 1.807) is 0 Å². The molecule has 0 radical (unpaired) electrons. The number of hydrogen-bond acceptors (Lipinski definition) is 2. The van der Waals surface area contributed by atoms with Crippen LogP contribution in [0.5, 0.6) is 11.5 Å². The number of benzene rings is 2. The molecule has 35 heavy (non-hydrogen) atoms. The molecule has 0 saturated carbocycles. The second-order valence-electron chi connectivity index (χ2n) is 5.76. The fourth-order valence-electron chi connectivity index (χ4n) is 1.83. The molecule has 2 N–H and O–H groups in total. The smallest absolute Gasteiger partial charge is 0.503 e. The van der Waals surface area contributed by atoms with Crippen molar-refractivity contribution in [2.45, 2.75) is 0 Å². The summed E-state index contributed by atoms with van der Waals surface area (Å²) in [6.45, 7) is 0. The summed E-state index contributed by atoms with van der Waals surface area (Å²) in [7, 11) is 0. The number of halogens is 10. The van der Waals surface area contributed by atoms with Crippen molar-refractivity contribution >= 4 is 0 Å². The Morgan fingerprint density at radius 2 is 0.543 bits per heavy atom. The average molecular weight is 546 g/mol. The van der Waals surface area contributed by atoms with Crippen LogP contribution in [0.25, 0.3) is 0 Å². The van der Waals surface area contributed by atoms with Gasteiger partial charge in [-0.15, -0.1) is 0 Å². The predicted octanol–water partition coefficient (Wildman–Crippen LogP) is 6.98.